The van der Waals surface area contributed by atoms with Gasteiger partial charge in [0.05, 0.1) is 23.9 Å². The summed E-state index contributed by atoms with van der Waals surface area (Å²) in [6, 6.07) is 11.6. The fraction of sp³-hybridized carbons (Fsp3) is 0.500. The van der Waals surface area contributed by atoms with Crippen LogP contribution in [0.5, 0.6) is 0 Å². The second-order valence-electron chi connectivity index (χ2n) is 8.43. The second-order valence-corrected chi connectivity index (χ2v) is 9.46. The molecule has 2 fully saturated rings. The fourth-order valence-electron chi connectivity index (χ4n) is 4.40. The number of hydrogen-bond acceptors (Lipinski definition) is 5. The largest absolute Gasteiger partial charge is 0.377 e. The van der Waals surface area contributed by atoms with Crippen LogP contribution in [0.25, 0.3) is 0 Å². The van der Waals surface area contributed by atoms with Gasteiger partial charge in [0.1, 0.15) is 0 Å². The van der Waals surface area contributed by atoms with E-state index in [9.17, 15) is 9.59 Å². The zero-order valence-corrected chi connectivity index (χ0v) is 18.7. The van der Waals surface area contributed by atoms with Gasteiger partial charge >= 0.3 is 0 Å². The highest BCUT2D eigenvalue weighted by Crippen LogP contribution is 2.21. The second kappa shape index (κ2) is 10.9. The Hall–Kier alpha value is -2.22. The van der Waals surface area contributed by atoms with Crippen LogP contribution in [0.4, 0.5) is 5.69 Å². The summed E-state index contributed by atoms with van der Waals surface area (Å²) in [4.78, 5) is 29.1. The Kier molecular flexibility index (Phi) is 7.72. The zero-order chi connectivity index (χ0) is 21.5. The van der Waals surface area contributed by atoms with Crippen LogP contribution < -0.4 is 10.6 Å². The Labute approximate surface area is 188 Å². The molecule has 31 heavy (non-hydrogen) atoms. The molecular weight excluding hydrogens is 410 g/mol. The predicted molar refractivity (Wildman–Crippen MR) is 123 cm³/mol. The molecule has 6 nitrogen and oxygen atoms in total. The average Bonchev–Trinajstić information content (AvgIpc) is 3.52. The number of rotatable bonds is 9. The van der Waals surface area contributed by atoms with Crippen LogP contribution >= 0.6 is 11.3 Å². The van der Waals surface area contributed by atoms with E-state index in [2.05, 4.69) is 27.0 Å². The lowest BCUT2D eigenvalue weighted by Crippen LogP contribution is -2.38. The van der Waals surface area contributed by atoms with Crippen LogP contribution in [0.1, 0.15) is 53.8 Å². The molecule has 0 radical (unpaired) electrons. The number of ether oxygens (including phenoxy) is 1. The molecule has 1 aliphatic carbocycles. The lowest BCUT2D eigenvalue weighted by molar-refractivity contribution is -0.117. The summed E-state index contributed by atoms with van der Waals surface area (Å²) in [6.07, 6.45) is 6.67. The van der Waals surface area contributed by atoms with E-state index < -0.39 is 0 Å². The van der Waals surface area contributed by atoms with E-state index in [1.54, 1.807) is 23.5 Å². The molecule has 166 valence electrons. The molecule has 1 aromatic carbocycles. The van der Waals surface area contributed by atoms with Gasteiger partial charge in [-0.1, -0.05) is 31.0 Å². The van der Waals surface area contributed by atoms with E-state index in [4.69, 9.17) is 4.74 Å². The van der Waals surface area contributed by atoms with Crippen LogP contribution in [-0.4, -0.2) is 48.6 Å². The molecule has 2 N–H and O–H groups in total. The average molecular weight is 442 g/mol. The molecule has 2 heterocycles. The van der Waals surface area contributed by atoms with Crippen LogP contribution in [-0.2, 0) is 16.1 Å². The van der Waals surface area contributed by atoms with Crippen molar-refractivity contribution < 1.29 is 14.3 Å². The molecule has 1 atom stereocenters. The van der Waals surface area contributed by atoms with Gasteiger partial charge < -0.3 is 15.4 Å². The fourth-order valence-corrected chi connectivity index (χ4v) is 5.15. The number of anilines is 1. The molecule has 7 heteroatoms. The topological polar surface area (TPSA) is 70.7 Å². The summed E-state index contributed by atoms with van der Waals surface area (Å²) in [7, 11) is 0. The molecule has 1 unspecified atom stereocenters. The molecule has 4 rings (SSSR count). The van der Waals surface area contributed by atoms with Gasteiger partial charge in [0.15, 0.2) is 0 Å². The monoisotopic (exact) mass is 441 g/mol. The van der Waals surface area contributed by atoms with Crippen LogP contribution in [0, 0.1) is 0 Å². The number of thiophene rings is 1. The summed E-state index contributed by atoms with van der Waals surface area (Å²) in [5.74, 6) is -0.228. The summed E-state index contributed by atoms with van der Waals surface area (Å²) < 4.78 is 5.79. The van der Waals surface area contributed by atoms with Crippen molar-refractivity contribution in [3.63, 3.8) is 0 Å². The highest BCUT2D eigenvalue weighted by Gasteiger charge is 2.23. The van der Waals surface area contributed by atoms with E-state index >= 15 is 0 Å². The van der Waals surface area contributed by atoms with E-state index in [1.807, 2.05) is 18.2 Å². The smallest absolute Gasteiger partial charge is 0.253 e. The highest BCUT2D eigenvalue weighted by molar-refractivity contribution is 7.09. The number of carbonyl (C=O) groups excluding carboxylic acids is 2. The molecule has 0 bridgehead atoms. The normalized spacial score (nSPS) is 19.1. The first-order chi connectivity index (χ1) is 15.2. The predicted octanol–water partition coefficient (Wildman–Crippen LogP) is 4.04. The maximum atomic E-state index is 12.9. The zero-order valence-electron chi connectivity index (χ0n) is 17.8. The van der Waals surface area contributed by atoms with Gasteiger partial charge in [0, 0.05) is 30.6 Å². The van der Waals surface area contributed by atoms with Gasteiger partial charge in [-0.05, 0) is 49.3 Å². The lowest BCUT2D eigenvalue weighted by atomic mass is 10.1. The molecule has 2 amide bonds. The first kappa shape index (κ1) is 22.0. The van der Waals surface area contributed by atoms with Gasteiger partial charge in [-0.25, -0.2) is 0 Å². The van der Waals surface area contributed by atoms with Crippen molar-refractivity contribution in [1.29, 1.82) is 0 Å². The van der Waals surface area contributed by atoms with Crippen LogP contribution in [0.3, 0.4) is 0 Å². The Morgan fingerprint density at radius 3 is 2.65 bits per heavy atom. The number of nitrogens with zero attached hydrogens (tertiary/aromatic N) is 1. The van der Waals surface area contributed by atoms with Gasteiger partial charge in [-0.2, -0.15) is 0 Å². The highest BCUT2D eigenvalue weighted by atomic mass is 32.1. The first-order valence-corrected chi connectivity index (χ1v) is 12.1. The molecule has 2 aliphatic rings. The van der Waals surface area contributed by atoms with Crippen molar-refractivity contribution in [3.8, 4) is 0 Å². The van der Waals surface area contributed by atoms with E-state index in [1.165, 1.54) is 4.88 Å². The number of para-hydroxylation sites is 1. The molecule has 1 aromatic heterocycles. The Morgan fingerprint density at radius 1 is 1.06 bits per heavy atom. The van der Waals surface area contributed by atoms with Crippen LogP contribution in [0.15, 0.2) is 41.8 Å². The molecule has 1 saturated heterocycles. The van der Waals surface area contributed by atoms with Gasteiger partial charge in [0.2, 0.25) is 5.91 Å². The minimum atomic E-state index is -0.115. The third kappa shape index (κ3) is 6.38. The van der Waals surface area contributed by atoms with Gasteiger partial charge in [0.25, 0.3) is 5.91 Å². The molecule has 0 spiro atoms. The van der Waals surface area contributed by atoms with Crippen molar-refractivity contribution >= 4 is 28.8 Å². The SMILES string of the molecule is O=C(CN(Cc1cccs1)CC1CCCO1)Nc1ccccc1C(=O)NC1CCCC1. The summed E-state index contributed by atoms with van der Waals surface area (Å²) in [5, 5.41) is 8.14. The number of nitrogens with one attached hydrogen (secondary N) is 2. The Morgan fingerprint density at radius 2 is 1.90 bits per heavy atom. The van der Waals surface area contributed by atoms with Gasteiger partial charge in [-0.3, -0.25) is 14.5 Å². The number of benzene rings is 1. The summed E-state index contributed by atoms with van der Waals surface area (Å²) >= 11 is 1.69. The maximum absolute atomic E-state index is 12.9. The third-order valence-corrected chi connectivity index (χ3v) is 6.81. The molecular formula is C24H31N3O3S. The van der Waals surface area contributed by atoms with Crippen molar-refractivity contribution in [1.82, 2.24) is 10.2 Å². The molecule has 1 aliphatic heterocycles. The Balaban J connectivity index is 1.39. The van der Waals surface area contributed by atoms with E-state index in [-0.39, 0.29) is 30.5 Å². The minimum absolute atomic E-state index is 0.113. The molecule has 1 saturated carbocycles. The van der Waals surface area contributed by atoms with Crippen molar-refractivity contribution in [2.75, 3.05) is 25.0 Å². The first-order valence-electron chi connectivity index (χ1n) is 11.2. The van der Waals surface area contributed by atoms with Crippen molar-refractivity contribution in [2.45, 2.75) is 57.2 Å². The molecule has 2 aromatic rings. The third-order valence-electron chi connectivity index (χ3n) is 5.95. The van der Waals surface area contributed by atoms with Crippen LogP contribution in [0.2, 0.25) is 0 Å². The van der Waals surface area contributed by atoms with E-state index in [0.29, 0.717) is 11.3 Å². The summed E-state index contributed by atoms with van der Waals surface area (Å²) in [6.45, 7) is 2.51. The number of hydrogen-bond donors (Lipinski definition) is 2. The number of amides is 2. The summed E-state index contributed by atoms with van der Waals surface area (Å²) in [5.41, 5.74) is 1.09. The van der Waals surface area contributed by atoms with Crippen molar-refractivity contribution in [3.05, 3.63) is 52.2 Å². The van der Waals surface area contributed by atoms with E-state index in [0.717, 1.165) is 58.2 Å². The van der Waals surface area contributed by atoms with Gasteiger partial charge in [-0.15, -0.1) is 11.3 Å². The quantitative estimate of drug-likeness (QED) is 0.616. The Bertz CT molecular complexity index is 859. The standard InChI is InChI=1S/C24H31N3O3S/c28-23(17-27(15-19-9-5-13-30-19)16-20-10-6-14-31-20)26-22-12-4-3-11-21(22)24(29)25-18-7-1-2-8-18/h3-4,6,10-12,14,18-19H,1-2,5,7-9,13,15-17H2,(H,25,29)(H,26,28). The minimum Gasteiger partial charge on any atom is -0.377 e. The number of carbonyl (C=O) groups is 2. The maximum Gasteiger partial charge on any atom is 0.253 e. The van der Waals surface area contributed by atoms with Crippen molar-refractivity contribution in [2.24, 2.45) is 0 Å². The lowest BCUT2D eigenvalue weighted by Gasteiger charge is -2.24.